The van der Waals surface area contributed by atoms with Crippen molar-refractivity contribution in [1.82, 2.24) is 0 Å². The normalized spacial score (nSPS) is 13.5. The van der Waals surface area contributed by atoms with Crippen LogP contribution in [0.2, 0.25) is 0 Å². The minimum atomic E-state index is -0.322. The summed E-state index contributed by atoms with van der Waals surface area (Å²) in [4.78, 5) is 11.7. The molecule has 2 N–H and O–H groups in total. The highest BCUT2D eigenvalue weighted by Crippen LogP contribution is 2.22. The fraction of sp³-hybridized carbons (Fsp3) is 0.533. The first kappa shape index (κ1) is 13.9. The number of rotatable bonds is 4. The van der Waals surface area contributed by atoms with Crippen LogP contribution in [0.15, 0.2) is 24.3 Å². The van der Waals surface area contributed by atoms with E-state index in [0.29, 0.717) is 12.8 Å². The Bertz CT molecular complexity index is 373. The molecule has 94 valence electrons. The summed E-state index contributed by atoms with van der Waals surface area (Å²) in [5.41, 5.74) is 8.20. The molecule has 0 saturated heterocycles. The maximum absolute atomic E-state index is 11.7. The van der Waals surface area contributed by atoms with Crippen molar-refractivity contribution >= 4 is 5.78 Å². The van der Waals surface area contributed by atoms with Gasteiger partial charge < -0.3 is 5.73 Å². The standard InChI is InChI=1S/C15H23NO/c1-5-13(16)14(17)10-11-6-8-12(9-7-11)15(2,3)4/h6-9,13H,5,10,16H2,1-4H3. The van der Waals surface area contributed by atoms with Crippen molar-refractivity contribution in [3.63, 3.8) is 0 Å². The first-order valence-corrected chi connectivity index (χ1v) is 6.22. The van der Waals surface area contributed by atoms with Gasteiger partial charge in [0.05, 0.1) is 6.04 Å². The lowest BCUT2D eigenvalue weighted by atomic mass is 9.86. The molecule has 1 aromatic carbocycles. The molecule has 0 fully saturated rings. The van der Waals surface area contributed by atoms with Crippen LogP contribution in [0.25, 0.3) is 0 Å². The molecule has 17 heavy (non-hydrogen) atoms. The van der Waals surface area contributed by atoms with E-state index in [9.17, 15) is 4.79 Å². The lowest BCUT2D eigenvalue weighted by Crippen LogP contribution is -2.30. The molecule has 2 nitrogen and oxygen atoms in total. The number of carbonyl (C=O) groups is 1. The van der Waals surface area contributed by atoms with Crippen LogP contribution in [0, 0.1) is 0 Å². The first-order valence-electron chi connectivity index (χ1n) is 6.22. The molecule has 0 amide bonds. The van der Waals surface area contributed by atoms with E-state index in [2.05, 4.69) is 32.9 Å². The van der Waals surface area contributed by atoms with E-state index in [1.165, 1.54) is 5.56 Å². The molecule has 2 heteroatoms. The van der Waals surface area contributed by atoms with E-state index in [0.717, 1.165) is 5.56 Å². The Morgan fingerprint density at radius 3 is 2.18 bits per heavy atom. The molecule has 0 aliphatic rings. The second-order valence-electron chi connectivity index (χ2n) is 5.60. The molecule has 0 heterocycles. The van der Waals surface area contributed by atoms with Gasteiger partial charge in [0.25, 0.3) is 0 Å². The van der Waals surface area contributed by atoms with E-state index in [-0.39, 0.29) is 17.2 Å². The Kier molecular flexibility index (Phi) is 4.47. The molecule has 0 aliphatic carbocycles. The Hall–Kier alpha value is -1.15. The summed E-state index contributed by atoms with van der Waals surface area (Å²) in [6.07, 6.45) is 1.15. The van der Waals surface area contributed by atoms with Gasteiger partial charge in [-0.15, -0.1) is 0 Å². The number of ketones is 1. The monoisotopic (exact) mass is 233 g/mol. The zero-order valence-corrected chi connectivity index (χ0v) is 11.3. The third kappa shape index (κ3) is 3.97. The van der Waals surface area contributed by atoms with Gasteiger partial charge >= 0.3 is 0 Å². The molecule has 1 atom stereocenters. The van der Waals surface area contributed by atoms with Crippen molar-refractivity contribution in [2.24, 2.45) is 5.73 Å². The maximum Gasteiger partial charge on any atom is 0.153 e. The molecule has 0 aliphatic heterocycles. The molecule has 0 radical (unpaired) electrons. The average molecular weight is 233 g/mol. The molecular formula is C15H23NO. The zero-order chi connectivity index (χ0) is 13.1. The maximum atomic E-state index is 11.7. The number of hydrogen-bond acceptors (Lipinski definition) is 2. The highest BCUT2D eigenvalue weighted by Gasteiger charge is 2.14. The van der Waals surface area contributed by atoms with Crippen LogP contribution >= 0.6 is 0 Å². The van der Waals surface area contributed by atoms with Gasteiger partial charge in [0, 0.05) is 6.42 Å². The number of hydrogen-bond donors (Lipinski definition) is 1. The van der Waals surface area contributed by atoms with Gasteiger partial charge in [0.2, 0.25) is 0 Å². The predicted octanol–water partition coefficient (Wildman–Crippen LogP) is 2.83. The molecule has 1 aromatic rings. The van der Waals surface area contributed by atoms with Gasteiger partial charge in [0.15, 0.2) is 5.78 Å². The predicted molar refractivity (Wildman–Crippen MR) is 72.1 cm³/mol. The summed E-state index contributed by atoms with van der Waals surface area (Å²) in [7, 11) is 0. The van der Waals surface area contributed by atoms with Crippen molar-refractivity contribution in [1.29, 1.82) is 0 Å². The molecule has 0 aromatic heterocycles. The third-order valence-electron chi connectivity index (χ3n) is 3.05. The quantitative estimate of drug-likeness (QED) is 0.869. The molecular weight excluding hydrogens is 210 g/mol. The lowest BCUT2D eigenvalue weighted by Gasteiger charge is -2.19. The fourth-order valence-electron chi connectivity index (χ4n) is 1.68. The van der Waals surface area contributed by atoms with Crippen LogP contribution in [-0.2, 0) is 16.6 Å². The van der Waals surface area contributed by atoms with E-state index in [1.54, 1.807) is 0 Å². The highest BCUT2D eigenvalue weighted by molar-refractivity contribution is 5.85. The summed E-state index contributed by atoms with van der Waals surface area (Å²) in [5.74, 6) is 0.121. The molecule has 0 bridgehead atoms. The fourth-order valence-corrected chi connectivity index (χ4v) is 1.68. The van der Waals surface area contributed by atoms with Crippen molar-refractivity contribution in [2.45, 2.75) is 52.0 Å². The number of carbonyl (C=O) groups excluding carboxylic acids is 1. The molecule has 1 unspecified atom stereocenters. The smallest absolute Gasteiger partial charge is 0.153 e. The van der Waals surface area contributed by atoms with Crippen LogP contribution in [0.1, 0.15) is 45.2 Å². The minimum Gasteiger partial charge on any atom is -0.322 e. The van der Waals surface area contributed by atoms with Crippen LogP contribution in [0.4, 0.5) is 0 Å². The largest absolute Gasteiger partial charge is 0.322 e. The van der Waals surface area contributed by atoms with Gasteiger partial charge in [-0.2, -0.15) is 0 Å². The second kappa shape index (κ2) is 5.46. The van der Waals surface area contributed by atoms with Crippen LogP contribution in [0.5, 0.6) is 0 Å². The second-order valence-corrected chi connectivity index (χ2v) is 5.60. The number of benzene rings is 1. The molecule has 0 saturated carbocycles. The minimum absolute atomic E-state index is 0.121. The summed E-state index contributed by atoms with van der Waals surface area (Å²) in [5, 5.41) is 0. The topological polar surface area (TPSA) is 43.1 Å². The Morgan fingerprint density at radius 2 is 1.76 bits per heavy atom. The molecule has 0 spiro atoms. The van der Waals surface area contributed by atoms with Crippen molar-refractivity contribution in [3.8, 4) is 0 Å². The number of Topliss-reactive ketones (excluding diaryl/α,β-unsaturated/α-hetero) is 1. The Morgan fingerprint density at radius 1 is 1.24 bits per heavy atom. The van der Waals surface area contributed by atoms with Gasteiger partial charge in [-0.1, -0.05) is 52.0 Å². The van der Waals surface area contributed by atoms with Crippen LogP contribution in [-0.4, -0.2) is 11.8 Å². The van der Waals surface area contributed by atoms with Crippen molar-refractivity contribution in [2.75, 3.05) is 0 Å². The van der Waals surface area contributed by atoms with Gasteiger partial charge in [-0.3, -0.25) is 4.79 Å². The summed E-state index contributed by atoms with van der Waals surface area (Å²) in [6, 6.07) is 7.93. The van der Waals surface area contributed by atoms with Crippen molar-refractivity contribution in [3.05, 3.63) is 35.4 Å². The van der Waals surface area contributed by atoms with Gasteiger partial charge in [-0.05, 0) is 23.0 Å². The lowest BCUT2D eigenvalue weighted by molar-refractivity contribution is -0.119. The summed E-state index contributed by atoms with van der Waals surface area (Å²) < 4.78 is 0. The first-order chi connectivity index (χ1) is 7.84. The van der Waals surface area contributed by atoms with Crippen molar-refractivity contribution < 1.29 is 4.79 Å². The van der Waals surface area contributed by atoms with E-state index in [1.807, 2.05) is 19.1 Å². The van der Waals surface area contributed by atoms with Gasteiger partial charge in [-0.25, -0.2) is 0 Å². The van der Waals surface area contributed by atoms with Crippen LogP contribution < -0.4 is 5.73 Å². The van der Waals surface area contributed by atoms with E-state index < -0.39 is 0 Å². The van der Waals surface area contributed by atoms with E-state index in [4.69, 9.17) is 5.73 Å². The van der Waals surface area contributed by atoms with E-state index >= 15 is 0 Å². The van der Waals surface area contributed by atoms with Crippen LogP contribution in [0.3, 0.4) is 0 Å². The molecule has 1 rings (SSSR count). The number of nitrogens with two attached hydrogens (primary N) is 1. The summed E-state index contributed by atoms with van der Waals surface area (Å²) in [6.45, 7) is 8.48. The summed E-state index contributed by atoms with van der Waals surface area (Å²) >= 11 is 0. The Labute approximate surface area is 104 Å². The SMILES string of the molecule is CCC(N)C(=O)Cc1ccc(C(C)(C)C)cc1. The third-order valence-corrected chi connectivity index (χ3v) is 3.05. The zero-order valence-electron chi connectivity index (χ0n) is 11.3. The Balaban J connectivity index is 2.73. The highest BCUT2D eigenvalue weighted by atomic mass is 16.1. The van der Waals surface area contributed by atoms with Gasteiger partial charge in [0.1, 0.15) is 0 Å². The average Bonchev–Trinajstić information content (AvgIpc) is 2.27.